The van der Waals surface area contributed by atoms with Gasteiger partial charge in [-0.2, -0.15) is 0 Å². The van der Waals surface area contributed by atoms with Crippen molar-refractivity contribution in [3.8, 4) is 16.9 Å². The molecule has 1 amide bonds. The quantitative estimate of drug-likeness (QED) is 0.177. The number of carbonyl (C=O) groups is 1. The monoisotopic (exact) mass is 661 g/mol. The smallest absolute Gasteiger partial charge is 0.247 e. The largest absolute Gasteiger partial charge is 0.494 e. The third-order valence-corrected chi connectivity index (χ3v) is 10.1. The van der Waals surface area contributed by atoms with Crippen molar-refractivity contribution in [2.24, 2.45) is 0 Å². The van der Waals surface area contributed by atoms with Crippen LogP contribution in [0, 0.1) is 5.82 Å². The van der Waals surface area contributed by atoms with E-state index >= 15 is 0 Å². The second-order valence-electron chi connectivity index (χ2n) is 13.2. The zero-order valence-corrected chi connectivity index (χ0v) is 27.5. The van der Waals surface area contributed by atoms with Gasteiger partial charge in [-0.05, 0) is 72.7 Å². The molecule has 3 aromatic carbocycles. The zero-order chi connectivity index (χ0) is 33.5. The Morgan fingerprint density at radius 2 is 1.69 bits per heavy atom. The lowest BCUT2D eigenvalue weighted by molar-refractivity contribution is -0.111. The normalized spacial score (nSPS) is 21.9. The summed E-state index contributed by atoms with van der Waals surface area (Å²) in [4.78, 5) is 32.9. The number of piperazine rings is 1. The number of ether oxygens (including phenoxy) is 1. The lowest BCUT2D eigenvalue weighted by Crippen LogP contribution is -2.54. The number of benzene rings is 3. The molecule has 8 rings (SSSR count). The summed E-state index contributed by atoms with van der Waals surface area (Å²) in [7, 11) is 1.65. The lowest BCUT2D eigenvalue weighted by Gasteiger charge is -2.43. The minimum atomic E-state index is -0.278. The van der Waals surface area contributed by atoms with Crippen LogP contribution in [0.1, 0.15) is 43.7 Å². The molecule has 3 aliphatic heterocycles. The van der Waals surface area contributed by atoms with Crippen molar-refractivity contribution in [2.45, 2.75) is 56.3 Å². The minimum Gasteiger partial charge on any atom is -0.494 e. The third-order valence-electron chi connectivity index (χ3n) is 10.1. The molecule has 49 heavy (non-hydrogen) atoms. The molecule has 0 spiro atoms. The Morgan fingerprint density at radius 3 is 2.43 bits per heavy atom. The van der Waals surface area contributed by atoms with E-state index in [0.29, 0.717) is 47.5 Å². The Labute approximate surface area is 285 Å². The zero-order valence-electron chi connectivity index (χ0n) is 27.5. The first-order valence-electron chi connectivity index (χ1n) is 17.0. The first-order valence-corrected chi connectivity index (χ1v) is 17.0. The van der Waals surface area contributed by atoms with Crippen molar-refractivity contribution in [3.05, 3.63) is 97.1 Å². The maximum atomic E-state index is 14.0. The Morgan fingerprint density at radius 1 is 0.939 bits per heavy atom. The van der Waals surface area contributed by atoms with E-state index in [1.807, 2.05) is 41.5 Å². The van der Waals surface area contributed by atoms with Crippen LogP contribution in [-0.2, 0) is 9.63 Å². The molecule has 4 fully saturated rings. The van der Waals surface area contributed by atoms with Gasteiger partial charge in [-0.25, -0.2) is 19.4 Å². The highest BCUT2D eigenvalue weighted by Gasteiger charge is 2.46. The van der Waals surface area contributed by atoms with Crippen LogP contribution in [0.4, 0.5) is 33.1 Å². The molecule has 4 aromatic rings. The number of anilines is 5. The SMILES string of the molecule is C=CC(=O)Nc1cc(Nc2cc(N3OCC[C@@H]3c3cccc(-c4cccc(F)c4)c3)ncn2)c(OC)cc1N1C[C@H]2CC[C@@H](C1)N2C1CC1. The average molecular weight is 662 g/mol. The van der Waals surface area contributed by atoms with Crippen molar-refractivity contribution in [3.63, 3.8) is 0 Å². The minimum absolute atomic E-state index is 0.0959. The van der Waals surface area contributed by atoms with E-state index in [1.54, 1.807) is 19.2 Å². The second kappa shape index (κ2) is 13.1. The van der Waals surface area contributed by atoms with E-state index < -0.39 is 0 Å². The number of nitrogens with one attached hydrogen (secondary N) is 2. The summed E-state index contributed by atoms with van der Waals surface area (Å²) in [5, 5.41) is 8.25. The third kappa shape index (κ3) is 6.31. The van der Waals surface area contributed by atoms with Gasteiger partial charge in [-0.15, -0.1) is 0 Å². The molecule has 2 bridgehead atoms. The van der Waals surface area contributed by atoms with Crippen LogP contribution in [0.3, 0.4) is 0 Å². The summed E-state index contributed by atoms with van der Waals surface area (Å²) >= 11 is 0. The first kappa shape index (κ1) is 31.3. The molecule has 10 nitrogen and oxygen atoms in total. The standard InChI is InChI=1S/C38H40FN7O3/c1-3-38(47)43-31-18-32(35(48-2)19-34(31)44-21-29-12-13-30(22-44)45(29)28-10-11-28)42-36-20-37(41-23-40-36)46-33(14-15-49-46)26-8-4-6-24(16-26)25-7-5-9-27(39)17-25/h3-9,16-20,23,28-30,33H,1,10-15,21-22H2,2H3,(H,43,47)(H,40,41,42)/t29-,30+,33-/m1/s1. The van der Waals surface area contributed by atoms with Crippen LogP contribution < -0.4 is 25.3 Å². The molecule has 11 heteroatoms. The topological polar surface area (TPSA) is 95.1 Å². The molecule has 3 saturated heterocycles. The van der Waals surface area contributed by atoms with Crippen molar-refractivity contribution in [2.75, 3.05) is 47.4 Å². The van der Waals surface area contributed by atoms with Gasteiger partial charge in [0.1, 0.15) is 23.7 Å². The molecule has 0 unspecified atom stereocenters. The highest BCUT2D eigenvalue weighted by atomic mass is 19.1. The van der Waals surface area contributed by atoms with E-state index in [2.05, 4.69) is 49.1 Å². The summed E-state index contributed by atoms with van der Waals surface area (Å²) in [5.41, 5.74) is 5.05. The molecular weight excluding hydrogens is 621 g/mol. The molecule has 4 aliphatic rings. The second-order valence-corrected chi connectivity index (χ2v) is 13.2. The molecule has 0 radical (unpaired) electrons. The Kier molecular flexibility index (Phi) is 8.38. The molecule has 1 aromatic heterocycles. The molecule has 3 atom stereocenters. The fourth-order valence-corrected chi connectivity index (χ4v) is 7.75. The summed E-state index contributed by atoms with van der Waals surface area (Å²) in [5.74, 6) is 1.22. The predicted molar refractivity (Wildman–Crippen MR) is 189 cm³/mol. The number of amides is 1. The van der Waals surface area contributed by atoms with Gasteiger partial charge in [0.2, 0.25) is 5.91 Å². The van der Waals surface area contributed by atoms with Crippen LogP contribution in [0.2, 0.25) is 0 Å². The maximum absolute atomic E-state index is 14.0. The fourth-order valence-electron chi connectivity index (χ4n) is 7.75. The molecule has 2 N–H and O–H groups in total. The van der Waals surface area contributed by atoms with Crippen LogP contribution in [0.15, 0.2) is 85.7 Å². The number of halogens is 1. The van der Waals surface area contributed by atoms with Gasteiger partial charge < -0.3 is 20.3 Å². The van der Waals surface area contributed by atoms with Gasteiger partial charge in [-0.3, -0.25) is 14.5 Å². The number of nitrogens with zero attached hydrogens (tertiary/aromatic N) is 5. The number of hydroxylamine groups is 1. The molecule has 1 aliphatic carbocycles. The highest BCUT2D eigenvalue weighted by Crippen LogP contribution is 2.45. The number of hydrogen-bond donors (Lipinski definition) is 2. The van der Waals surface area contributed by atoms with E-state index in [9.17, 15) is 9.18 Å². The fraction of sp³-hybridized carbons (Fsp3) is 0.342. The van der Waals surface area contributed by atoms with Crippen LogP contribution in [0.5, 0.6) is 5.75 Å². The van der Waals surface area contributed by atoms with Gasteiger partial charge in [-0.1, -0.05) is 36.9 Å². The van der Waals surface area contributed by atoms with Crippen LogP contribution in [0.25, 0.3) is 11.1 Å². The van der Waals surface area contributed by atoms with Crippen molar-refractivity contribution in [1.29, 1.82) is 0 Å². The van der Waals surface area contributed by atoms with Gasteiger partial charge in [0.05, 0.1) is 36.8 Å². The Bertz CT molecular complexity index is 1870. The van der Waals surface area contributed by atoms with Crippen LogP contribution >= 0.6 is 0 Å². The van der Waals surface area contributed by atoms with Crippen LogP contribution in [-0.4, -0.2) is 65.7 Å². The molecular formula is C38H40FN7O3. The van der Waals surface area contributed by atoms with Gasteiger partial charge in [0.15, 0.2) is 5.82 Å². The first-order chi connectivity index (χ1) is 24.0. The van der Waals surface area contributed by atoms with E-state index in [1.165, 1.54) is 44.2 Å². The number of carbonyl (C=O) groups excluding carboxylic acids is 1. The number of fused-ring (bicyclic) bond motifs is 2. The summed E-state index contributed by atoms with van der Waals surface area (Å²) in [6.07, 6.45) is 8.57. The maximum Gasteiger partial charge on any atom is 0.247 e. The van der Waals surface area contributed by atoms with E-state index in [-0.39, 0.29) is 17.8 Å². The van der Waals surface area contributed by atoms with E-state index in [0.717, 1.165) is 47.9 Å². The Balaban J connectivity index is 1.06. The number of methoxy groups -OCH3 is 1. The van der Waals surface area contributed by atoms with E-state index in [4.69, 9.17) is 9.57 Å². The van der Waals surface area contributed by atoms with Crippen molar-refractivity contribution in [1.82, 2.24) is 14.9 Å². The number of rotatable bonds is 10. The van der Waals surface area contributed by atoms with Crippen molar-refractivity contribution < 1.29 is 18.8 Å². The average Bonchev–Trinajstić information content (AvgIpc) is 3.78. The predicted octanol–water partition coefficient (Wildman–Crippen LogP) is 6.86. The molecule has 252 valence electrons. The summed E-state index contributed by atoms with van der Waals surface area (Å²) < 4.78 is 19.9. The van der Waals surface area contributed by atoms with Gasteiger partial charge in [0.25, 0.3) is 0 Å². The summed E-state index contributed by atoms with van der Waals surface area (Å²) in [6.45, 7) is 6.03. The number of aromatic nitrogens is 2. The highest BCUT2D eigenvalue weighted by molar-refractivity contribution is 6.02. The summed E-state index contributed by atoms with van der Waals surface area (Å²) in [6, 6.07) is 22.1. The molecule has 1 saturated carbocycles. The number of hydrogen-bond acceptors (Lipinski definition) is 9. The van der Waals surface area contributed by atoms with Crippen molar-refractivity contribution >= 4 is 34.6 Å². The lowest BCUT2D eigenvalue weighted by atomic mass is 9.98. The molecule has 4 heterocycles. The van der Waals surface area contributed by atoms with Gasteiger partial charge in [0, 0.05) is 49.8 Å². The Hall–Kier alpha value is -5.00. The van der Waals surface area contributed by atoms with Gasteiger partial charge >= 0.3 is 0 Å².